The normalized spacial score (nSPS) is 9.00. The zero-order valence-corrected chi connectivity index (χ0v) is 9.85. The molecule has 0 saturated heterocycles. The molecule has 1 N–H and O–H groups in total. The SMILES string of the molecule is N#CCCNC(=O)COc1ccc(CC#N)cc1. The van der Waals surface area contributed by atoms with E-state index in [1.807, 2.05) is 6.07 Å². The molecule has 5 heteroatoms. The first-order valence-corrected chi connectivity index (χ1v) is 5.48. The Morgan fingerprint density at radius 3 is 2.56 bits per heavy atom. The number of nitrogens with zero attached hydrogens (tertiary/aromatic N) is 2. The highest BCUT2D eigenvalue weighted by molar-refractivity contribution is 5.77. The Kier molecular flexibility index (Phi) is 5.79. The topological polar surface area (TPSA) is 85.9 Å². The predicted molar refractivity (Wildman–Crippen MR) is 64.5 cm³/mol. The second kappa shape index (κ2) is 7.70. The van der Waals surface area contributed by atoms with Gasteiger partial charge in [-0.1, -0.05) is 12.1 Å². The van der Waals surface area contributed by atoms with Gasteiger partial charge in [-0.2, -0.15) is 10.5 Å². The second-order valence-electron chi connectivity index (χ2n) is 3.53. The molecule has 0 aliphatic carbocycles. The zero-order valence-electron chi connectivity index (χ0n) is 9.85. The third kappa shape index (κ3) is 5.00. The number of carbonyl (C=O) groups excluding carboxylic acids is 1. The van der Waals surface area contributed by atoms with E-state index >= 15 is 0 Å². The van der Waals surface area contributed by atoms with Gasteiger partial charge >= 0.3 is 0 Å². The van der Waals surface area contributed by atoms with Crippen molar-refractivity contribution in [2.24, 2.45) is 0 Å². The van der Waals surface area contributed by atoms with E-state index in [4.69, 9.17) is 15.3 Å². The largest absolute Gasteiger partial charge is 0.484 e. The monoisotopic (exact) mass is 243 g/mol. The number of carbonyl (C=O) groups is 1. The van der Waals surface area contributed by atoms with Gasteiger partial charge in [0.2, 0.25) is 0 Å². The van der Waals surface area contributed by atoms with Crippen molar-refractivity contribution in [3.63, 3.8) is 0 Å². The lowest BCUT2D eigenvalue weighted by atomic mass is 10.2. The molecule has 0 aliphatic rings. The molecule has 0 radical (unpaired) electrons. The number of rotatable bonds is 6. The van der Waals surface area contributed by atoms with Crippen molar-refractivity contribution in [3.8, 4) is 17.9 Å². The maximum absolute atomic E-state index is 11.3. The number of hydrogen-bond donors (Lipinski definition) is 1. The maximum Gasteiger partial charge on any atom is 0.257 e. The van der Waals surface area contributed by atoms with Gasteiger partial charge in [0.05, 0.1) is 25.0 Å². The van der Waals surface area contributed by atoms with Crippen molar-refractivity contribution in [2.75, 3.05) is 13.2 Å². The summed E-state index contributed by atoms with van der Waals surface area (Å²) >= 11 is 0. The Bertz CT molecular complexity index is 468. The number of amides is 1. The first kappa shape index (κ1) is 13.5. The summed E-state index contributed by atoms with van der Waals surface area (Å²) in [7, 11) is 0. The number of nitriles is 2. The molecule has 0 unspecified atom stereocenters. The molecule has 0 aliphatic heterocycles. The minimum Gasteiger partial charge on any atom is -0.484 e. The van der Waals surface area contributed by atoms with Crippen LogP contribution in [0.15, 0.2) is 24.3 Å². The maximum atomic E-state index is 11.3. The Balaban J connectivity index is 2.33. The van der Waals surface area contributed by atoms with Crippen LogP contribution in [-0.4, -0.2) is 19.1 Å². The highest BCUT2D eigenvalue weighted by Gasteiger charge is 2.01. The van der Waals surface area contributed by atoms with Crippen LogP contribution in [-0.2, 0) is 11.2 Å². The van der Waals surface area contributed by atoms with Crippen molar-refractivity contribution in [2.45, 2.75) is 12.8 Å². The van der Waals surface area contributed by atoms with E-state index in [0.717, 1.165) is 5.56 Å². The van der Waals surface area contributed by atoms with Gasteiger partial charge in [0.1, 0.15) is 5.75 Å². The summed E-state index contributed by atoms with van der Waals surface area (Å²) < 4.78 is 5.25. The van der Waals surface area contributed by atoms with Crippen molar-refractivity contribution < 1.29 is 9.53 Å². The minimum absolute atomic E-state index is 0.0803. The third-order valence-corrected chi connectivity index (χ3v) is 2.14. The highest BCUT2D eigenvalue weighted by Crippen LogP contribution is 2.12. The van der Waals surface area contributed by atoms with E-state index in [-0.39, 0.29) is 18.9 Å². The van der Waals surface area contributed by atoms with Gasteiger partial charge in [-0.05, 0) is 17.7 Å². The van der Waals surface area contributed by atoms with Gasteiger partial charge in [-0.15, -0.1) is 0 Å². The average Bonchev–Trinajstić information content (AvgIpc) is 2.39. The standard InChI is InChI=1S/C13H13N3O2/c14-7-1-9-16-13(17)10-18-12-4-2-11(3-5-12)6-8-15/h2-5H,1,6,9-10H2,(H,16,17). The van der Waals surface area contributed by atoms with Crippen LogP contribution in [0.2, 0.25) is 0 Å². The summed E-state index contributed by atoms with van der Waals surface area (Å²) in [6.07, 6.45) is 0.642. The molecule has 1 amide bonds. The van der Waals surface area contributed by atoms with Crippen LogP contribution in [0, 0.1) is 22.7 Å². The summed E-state index contributed by atoms with van der Waals surface area (Å²) in [4.78, 5) is 11.3. The summed E-state index contributed by atoms with van der Waals surface area (Å²) in [6, 6.07) is 11.0. The van der Waals surface area contributed by atoms with Crippen LogP contribution >= 0.6 is 0 Å². The van der Waals surface area contributed by atoms with Gasteiger partial charge in [-0.3, -0.25) is 4.79 Å². The molecule has 0 fully saturated rings. The second-order valence-corrected chi connectivity index (χ2v) is 3.53. The first-order valence-electron chi connectivity index (χ1n) is 5.48. The molecule has 18 heavy (non-hydrogen) atoms. The fourth-order valence-electron chi connectivity index (χ4n) is 1.25. The summed E-state index contributed by atoms with van der Waals surface area (Å²) in [5, 5.41) is 19.4. The smallest absolute Gasteiger partial charge is 0.257 e. The summed E-state index contributed by atoms with van der Waals surface area (Å²) in [5.74, 6) is 0.318. The molecule has 5 nitrogen and oxygen atoms in total. The highest BCUT2D eigenvalue weighted by atomic mass is 16.5. The van der Waals surface area contributed by atoms with Crippen LogP contribution in [0.25, 0.3) is 0 Å². The van der Waals surface area contributed by atoms with Crippen molar-refractivity contribution in [1.82, 2.24) is 5.32 Å². The lowest BCUT2D eigenvalue weighted by Crippen LogP contribution is -2.29. The van der Waals surface area contributed by atoms with Crippen LogP contribution in [0.5, 0.6) is 5.75 Å². The summed E-state index contributed by atoms with van der Waals surface area (Å²) in [5.41, 5.74) is 0.906. The zero-order chi connectivity index (χ0) is 13.2. The molecule has 0 spiro atoms. The minimum atomic E-state index is -0.258. The van der Waals surface area contributed by atoms with Crippen LogP contribution in [0.4, 0.5) is 0 Å². The van der Waals surface area contributed by atoms with E-state index in [1.54, 1.807) is 24.3 Å². The van der Waals surface area contributed by atoms with Crippen molar-refractivity contribution in [3.05, 3.63) is 29.8 Å². The van der Waals surface area contributed by atoms with Crippen molar-refractivity contribution in [1.29, 1.82) is 10.5 Å². The Morgan fingerprint density at radius 1 is 1.22 bits per heavy atom. The third-order valence-electron chi connectivity index (χ3n) is 2.14. The van der Waals surface area contributed by atoms with E-state index in [0.29, 0.717) is 18.7 Å². The number of benzene rings is 1. The van der Waals surface area contributed by atoms with Crippen molar-refractivity contribution >= 4 is 5.91 Å². The molecule has 0 aromatic heterocycles. The predicted octanol–water partition coefficient (Wildman–Crippen LogP) is 1.16. The van der Waals surface area contributed by atoms with Gasteiger partial charge in [0.25, 0.3) is 5.91 Å². The number of ether oxygens (including phenoxy) is 1. The van der Waals surface area contributed by atoms with E-state index in [9.17, 15) is 4.79 Å². The van der Waals surface area contributed by atoms with Gasteiger partial charge in [0.15, 0.2) is 6.61 Å². The van der Waals surface area contributed by atoms with Gasteiger partial charge in [0, 0.05) is 6.54 Å². The van der Waals surface area contributed by atoms with Crippen LogP contribution in [0.1, 0.15) is 12.0 Å². The molecule has 0 atom stereocenters. The van der Waals surface area contributed by atoms with E-state index in [2.05, 4.69) is 11.4 Å². The Hall–Kier alpha value is -2.53. The molecule has 1 rings (SSSR count). The first-order chi connectivity index (χ1) is 8.76. The summed E-state index contributed by atoms with van der Waals surface area (Å²) in [6.45, 7) is 0.253. The Morgan fingerprint density at radius 2 is 1.94 bits per heavy atom. The van der Waals surface area contributed by atoms with Crippen LogP contribution < -0.4 is 10.1 Å². The molecular formula is C13H13N3O2. The van der Waals surface area contributed by atoms with Gasteiger partial charge < -0.3 is 10.1 Å². The fraction of sp³-hybridized carbons (Fsp3) is 0.308. The van der Waals surface area contributed by atoms with Gasteiger partial charge in [-0.25, -0.2) is 0 Å². The molecule has 0 heterocycles. The molecular weight excluding hydrogens is 230 g/mol. The number of hydrogen-bond acceptors (Lipinski definition) is 4. The molecule has 1 aromatic carbocycles. The van der Waals surface area contributed by atoms with Crippen LogP contribution in [0.3, 0.4) is 0 Å². The molecule has 92 valence electrons. The average molecular weight is 243 g/mol. The quantitative estimate of drug-likeness (QED) is 0.759. The number of nitrogens with one attached hydrogen (secondary N) is 1. The molecule has 0 bridgehead atoms. The molecule has 1 aromatic rings. The van der Waals surface area contributed by atoms with E-state index in [1.165, 1.54) is 0 Å². The lowest BCUT2D eigenvalue weighted by Gasteiger charge is -2.06. The Labute approximate surface area is 106 Å². The fourth-order valence-corrected chi connectivity index (χ4v) is 1.25. The lowest BCUT2D eigenvalue weighted by molar-refractivity contribution is -0.123. The van der Waals surface area contributed by atoms with E-state index < -0.39 is 0 Å². The molecule has 0 saturated carbocycles.